The Morgan fingerprint density at radius 2 is 2.06 bits per heavy atom. The maximum atomic E-state index is 6.10. The molecule has 1 heterocycles. The van der Waals surface area contributed by atoms with Gasteiger partial charge in [0.2, 0.25) is 5.88 Å². The summed E-state index contributed by atoms with van der Waals surface area (Å²) in [5.41, 5.74) is 1.07. The van der Waals surface area contributed by atoms with Gasteiger partial charge in [0, 0.05) is 24.3 Å². The molecule has 0 amide bonds. The molecule has 0 aliphatic rings. The number of aromatic nitrogens is 1. The van der Waals surface area contributed by atoms with E-state index >= 15 is 0 Å². The molecule has 0 bridgehead atoms. The Hall–Kier alpha value is -0.800. The van der Waals surface area contributed by atoms with Crippen molar-refractivity contribution in [3.8, 4) is 5.88 Å². The highest BCUT2D eigenvalue weighted by Gasteiger charge is 2.11. The molecule has 0 radical (unpaired) electrons. The van der Waals surface area contributed by atoms with E-state index in [1.807, 2.05) is 19.9 Å². The molecule has 3 nitrogen and oxygen atoms in total. The molecule has 1 N–H and O–H groups in total. The molecule has 1 rings (SSSR count). The van der Waals surface area contributed by atoms with Crippen molar-refractivity contribution in [1.29, 1.82) is 0 Å². The Balaban J connectivity index is 2.76. The van der Waals surface area contributed by atoms with E-state index in [-0.39, 0.29) is 11.6 Å². The van der Waals surface area contributed by atoms with Crippen LogP contribution >= 0.6 is 11.6 Å². The van der Waals surface area contributed by atoms with Gasteiger partial charge in [-0.25, -0.2) is 4.98 Å². The first kappa shape index (κ1) is 14.3. The van der Waals surface area contributed by atoms with Crippen molar-refractivity contribution < 1.29 is 4.74 Å². The predicted octanol–water partition coefficient (Wildman–Crippen LogP) is 3.41. The summed E-state index contributed by atoms with van der Waals surface area (Å²) >= 11 is 6.10. The van der Waals surface area contributed by atoms with Crippen LogP contribution in [0.5, 0.6) is 5.88 Å². The fraction of sp³-hybridized carbons (Fsp3) is 0.615. The second-order valence-corrected chi connectivity index (χ2v) is 5.79. The number of halogens is 1. The summed E-state index contributed by atoms with van der Waals surface area (Å²) in [5.74, 6) is 0.620. The molecule has 0 atom stereocenters. The summed E-state index contributed by atoms with van der Waals surface area (Å²) < 4.78 is 5.54. The van der Waals surface area contributed by atoms with Crippen molar-refractivity contribution in [3.05, 3.63) is 22.8 Å². The number of hydrogen-bond acceptors (Lipinski definition) is 3. The lowest BCUT2D eigenvalue weighted by atomic mass is 10.1. The highest BCUT2D eigenvalue weighted by molar-refractivity contribution is 6.31. The summed E-state index contributed by atoms with van der Waals surface area (Å²) in [4.78, 5) is 4.14. The minimum Gasteiger partial charge on any atom is -0.475 e. The highest BCUT2D eigenvalue weighted by Crippen LogP contribution is 2.20. The van der Waals surface area contributed by atoms with E-state index in [2.05, 4.69) is 31.1 Å². The first-order valence-corrected chi connectivity index (χ1v) is 6.22. The second kappa shape index (κ2) is 5.69. The number of nitrogens with zero attached hydrogens (tertiary/aromatic N) is 1. The lowest BCUT2D eigenvalue weighted by Crippen LogP contribution is -2.35. The molecule has 0 aromatic carbocycles. The third kappa shape index (κ3) is 5.37. The van der Waals surface area contributed by atoms with E-state index in [1.54, 1.807) is 6.20 Å². The summed E-state index contributed by atoms with van der Waals surface area (Å²) in [6.07, 6.45) is 1.76. The van der Waals surface area contributed by atoms with Gasteiger partial charge in [0.1, 0.15) is 0 Å². The van der Waals surface area contributed by atoms with Gasteiger partial charge in [0.15, 0.2) is 0 Å². The molecule has 0 unspecified atom stereocenters. The van der Waals surface area contributed by atoms with Gasteiger partial charge in [-0.05, 0) is 40.2 Å². The fourth-order valence-electron chi connectivity index (χ4n) is 1.26. The molecule has 0 aliphatic heterocycles. The molecule has 0 saturated heterocycles. The third-order valence-corrected chi connectivity index (χ3v) is 2.42. The van der Waals surface area contributed by atoms with E-state index in [4.69, 9.17) is 16.3 Å². The van der Waals surface area contributed by atoms with Crippen molar-refractivity contribution in [1.82, 2.24) is 10.3 Å². The zero-order chi connectivity index (χ0) is 13.1. The fourth-order valence-corrected chi connectivity index (χ4v) is 1.43. The number of ether oxygens (including phenoxy) is 1. The molecule has 0 saturated carbocycles. The lowest BCUT2D eigenvalue weighted by molar-refractivity contribution is 0.232. The summed E-state index contributed by atoms with van der Waals surface area (Å²) in [6.45, 7) is 11.0. The Kier molecular flexibility index (Phi) is 4.78. The number of nitrogens with one attached hydrogen (secondary N) is 1. The smallest absolute Gasteiger partial charge is 0.213 e. The van der Waals surface area contributed by atoms with Crippen molar-refractivity contribution in [2.75, 3.05) is 0 Å². The van der Waals surface area contributed by atoms with E-state index in [0.717, 1.165) is 5.56 Å². The maximum absolute atomic E-state index is 6.10. The van der Waals surface area contributed by atoms with Crippen LogP contribution in [-0.2, 0) is 6.54 Å². The van der Waals surface area contributed by atoms with E-state index < -0.39 is 0 Å². The molecular formula is C13H21ClN2O. The van der Waals surface area contributed by atoms with Crippen LogP contribution in [0.25, 0.3) is 0 Å². The number of rotatable bonds is 4. The van der Waals surface area contributed by atoms with E-state index in [0.29, 0.717) is 17.4 Å². The zero-order valence-corrected chi connectivity index (χ0v) is 11.9. The van der Waals surface area contributed by atoms with Gasteiger partial charge in [0.05, 0.1) is 11.1 Å². The minimum absolute atomic E-state index is 0.0612. The molecule has 4 heteroatoms. The van der Waals surface area contributed by atoms with Gasteiger partial charge in [-0.3, -0.25) is 0 Å². The topological polar surface area (TPSA) is 34.1 Å². The standard InChI is InChI=1S/C13H21ClN2O/c1-9(2)17-12-6-10(11(14)8-15-12)7-16-13(3,4)5/h6,8-9,16H,7H2,1-5H3. The molecule has 17 heavy (non-hydrogen) atoms. The Morgan fingerprint density at radius 1 is 1.41 bits per heavy atom. The lowest BCUT2D eigenvalue weighted by Gasteiger charge is -2.21. The van der Waals surface area contributed by atoms with Crippen LogP contribution in [0.1, 0.15) is 40.2 Å². The number of pyridine rings is 1. The Labute approximate surface area is 109 Å². The first-order chi connectivity index (χ1) is 7.78. The van der Waals surface area contributed by atoms with Crippen LogP contribution in [0.2, 0.25) is 5.02 Å². The second-order valence-electron chi connectivity index (χ2n) is 5.38. The van der Waals surface area contributed by atoms with Gasteiger partial charge in [0.25, 0.3) is 0 Å². The molecule has 0 spiro atoms. The molecule has 0 aliphatic carbocycles. The van der Waals surface area contributed by atoms with Crippen molar-refractivity contribution in [2.24, 2.45) is 0 Å². The maximum Gasteiger partial charge on any atom is 0.213 e. The van der Waals surface area contributed by atoms with Crippen LogP contribution in [0, 0.1) is 0 Å². The Morgan fingerprint density at radius 3 is 2.59 bits per heavy atom. The van der Waals surface area contributed by atoms with Crippen LogP contribution in [0.3, 0.4) is 0 Å². The average Bonchev–Trinajstić information content (AvgIpc) is 2.17. The van der Waals surface area contributed by atoms with Crippen molar-refractivity contribution >= 4 is 11.6 Å². The summed E-state index contributed by atoms with van der Waals surface area (Å²) in [5, 5.41) is 4.06. The van der Waals surface area contributed by atoms with Crippen LogP contribution in [0.4, 0.5) is 0 Å². The van der Waals surface area contributed by atoms with Crippen LogP contribution < -0.4 is 10.1 Å². The normalized spacial score (nSPS) is 11.9. The molecule has 0 fully saturated rings. The van der Waals surface area contributed by atoms with Crippen LogP contribution in [-0.4, -0.2) is 16.6 Å². The van der Waals surface area contributed by atoms with Gasteiger partial charge in [-0.2, -0.15) is 0 Å². The van der Waals surface area contributed by atoms with Gasteiger partial charge < -0.3 is 10.1 Å². The largest absolute Gasteiger partial charge is 0.475 e. The molecular weight excluding hydrogens is 236 g/mol. The highest BCUT2D eigenvalue weighted by atomic mass is 35.5. The van der Waals surface area contributed by atoms with Crippen molar-refractivity contribution in [2.45, 2.75) is 52.8 Å². The Bertz CT molecular complexity index is 372. The van der Waals surface area contributed by atoms with Gasteiger partial charge >= 0.3 is 0 Å². The quantitative estimate of drug-likeness (QED) is 0.897. The molecule has 1 aromatic rings. The average molecular weight is 257 g/mol. The van der Waals surface area contributed by atoms with Crippen molar-refractivity contribution in [3.63, 3.8) is 0 Å². The van der Waals surface area contributed by atoms with E-state index in [9.17, 15) is 0 Å². The van der Waals surface area contributed by atoms with E-state index in [1.165, 1.54) is 0 Å². The first-order valence-electron chi connectivity index (χ1n) is 5.84. The third-order valence-electron chi connectivity index (χ3n) is 2.08. The SMILES string of the molecule is CC(C)Oc1cc(CNC(C)(C)C)c(Cl)cn1. The molecule has 1 aromatic heterocycles. The summed E-state index contributed by atoms with van der Waals surface area (Å²) in [6, 6.07) is 1.89. The number of hydrogen-bond donors (Lipinski definition) is 1. The summed E-state index contributed by atoms with van der Waals surface area (Å²) in [7, 11) is 0. The minimum atomic E-state index is 0.0612. The molecule has 96 valence electrons. The van der Waals surface area contributed by atoms with Gasteiger partial charge in [-0.1, -0.05) is 11.6 Å². The predicted molar refractivity (Wildman–Crippen MR) is 71.6 cm³/mol. The van der Waals surface area contributed by atoms with Crippen LogP contribution in [0.15, 0.2) is 12.3 Å². The van der Waals surface area contributed by atoms with Gasteiger partial charge in [-0.15, -0.1) is 0 Å². The zero-order valence-electron chi connectivity index (χ0n) is 11.2. The monoisotopic (exact) mass is 256 g/mol.